The third-order valence-electron chi connectivity index (χ3n) is 3.08. The van der Waals surface area contributed by atoms with Crippen LogP contribution in [0.15, 0.2) is 59.3 Å². The highest BCUT2D eigenvalue weighted by atomic mass is 35.5. The van der Waals surface area contributed by atoms with Crippen molar-refractivity contribution < 1.29 is 13.9 Å². The van der Waals surface area contributed by atoms with Gasteiger partial charge in [0.15, 0.2) is 0 Å². The first-order valence-corrected chi connectivity index (χ1v) is 6.68. The largest absolute Gasteiger partial charge is 0.463 e. The lowest BCUT2D eigenvalue weighted by Gasteiger charge is -2.01. The van der Waals surface area contributed by atoms with E-state index in [1.165, 1.54) is 7.11 Å². The van der Waals surface area contributed by atoms with E-state index in [9.17, 15) is 4.79 Å². The van der Waals surface area contributed by atoms with E-state index in [-0.39, 0.29) is 5.76 Å². The van der Waals surface area contributed by atoms with Crippen LogP contribution >= 0.6 is 11.6 Å². The van der Waals surface area contributed by atoms with E-state index < -0.39 is 5.97 Å². The minimum atomic E-state index is -0.521. The van der Waals surface area contributed by atoms with Crippen molar-refractivity contribution in [3.63, 3.8) is 0 Å². The predicted octanol–water partition coefficient (Wildman–Crippen LogP) is 4.18. The van der Waals surface area contributed by atoms with E-state index in [0.717, 1.165) is 5.56 Å². The number of hydrogen-bond acceptors (Lipinski definition) is 3. The van der Waals surface area contributed by atoms with Crippen molar-refractivity contribution in [2.75, 3.05) is 7.11 Å². The quantitative estimate of drug-likeness (QED) is 0.682. The van der Waals surface area contributed by atoms with Crippen LogP contribution in [-0.4, -0.2) is 17.6 Å². The summed E-state index contributed by atoms with van der Waals surface area (Å²) in [5.41, 5.74) is 1.42. The lowest BCUT2D eigenvalue weighted by Crippen LogP contribution is -2.03. The summed E-state index contributed by atoms with van der Waals surface area (Å²) >= 11 is 5.99. The number of carbonyl (C=O) groups excluding carboxylic acids is 1. The van der Waals surface area contributed by atoms with Gasteiger partial charge in [-0.1, -0.05) is 23.7 Å². The van der Waals surface area contributed by atoms with E-state index in [1.807, 2.05) is 36.7 Å². The molecular weight excluding hydrogens is 290 g/mol. The van der Waals surface area contributed by atoms with Crippen LogP contribution in [-0.2, 0) is 4.74 Å². The van der Waals surface area contributed by atoms with Gasteiger partial charge in [-0.3, -0.25) is 0 Å². The lowest BCUT2D eigenvalue weighted by molar-refractivity contribution is 0.0566. The van der Waals surface area contributed by atoms with Crippen molar-refractivity contribution in [3.05, 3.63) is 65.6 Å². The Morgan fingerprint density at radius 1 is 1.19 bits per heavy atom. The second-order valence-electron chi connectivity index (χ2n) is 4.42. The number of esters is 1. The second-order valence-corrected chi connectivity index (χ2v) is 4.85. The van der Waals surface area contributed by atoms with Gasteiger partial charge in [0.25, 0.3) is 0 Å². The highest BCUT2D eigenvalue weighted by Gasteiger charge is 2.21. The number of hydrogen-bond donors (Lipinski definition) is 0. The number of ether oxygens (including phenoxy) is 1. The molecular formula is C16H12ClNO3. The van der Waals surface area contributed by atoms with Gasteiger partial charge >= 0.3 is 5.97 Å². The first kappa shape index (κ1) is 13.5. The minimum absolute atomic E-state index is 0.156. The predicted molar refractivity (Wildman–Crippen MR) is 79.8 cm³/mol. The van der Waals surface area contributed by atoms with E-state index in [0.29, 0.717) is 16.5 Å². The molecule has 0 spiro atoms. The number of rotatable bonds is 3. The Bertz CT molecular complexity index is 775. The molecule has 0 amide bonds. The lowest BCUT2D eigenvalue weighted by atomic mass is 10.2. The summed E-state index contributed by atoms with van der Waals surface area (Å²) in [6.45, 7) is 0. The molecule has 3 aromatic rings. The fourth-order valence-corrected chi connectivity index (χ4v) is 2.28. The molecule has 1 aromatic carbocycles. The molecule has 106 valence electrons. The SMILES string of the molecule is COC(=O)c1oc(-c2cccc(Cl)c2)cc1-n1cccc1. The van der Waals surface area contributed by atoms with E-state index in [4.69, 9.17) is 20.8 Å². The van der Waals surface area contributed by atoms with Crippen LogP contribution < -0.4 is 0 Å². The van der Waals surface area contributed by atoms with Gasteiger partial charge in [-0.05, 0) is 24.3 Å². The summed E-state index contributed by atoms with van der Waals surface area (Å²) in [6, 6.07) is 12.8. The monoisotopic (exact) mass is 301 g/mol. The normalized spacial score (nSPS) is 10.6. The number of aromatic nitrogens is 1. The molecule has 4 nitrogen and oxygen atoms in total. The Balaban J connectivity index is 2.14. The van der Waals surface area contributed by atoms with Gasteiger partial charge in [0.05, 0.1) is 12.8 Å². The molecule has 21 heavy (non-hydrogen) atoms. The molecule has 0 aliphatic heterocycles. The summed E-state index contributed by atoms with van der Waals surface area (Å²) in [6.07, 6.45) is 3.66. The van der Waals surface area contributed by atoms with Gasteiger partial charge in [0, 0.05) is 29.0 Å². The average molecular weight is 302 g/mol. The van der Waals surface area contributed by atoms with Crippen LogP contribution in [0.3, 0.4) is 0 Å². The van der Waals surface area contributed by atoms with Gasteiger partial charge in [-0.2, -0.15) is 0 Å². The molecule has 0 atom stereocenters. The maximum atomic E-state index is 11.9. The molecule has 0 bridgehead atoms. The van der Waals surface area contributed by atoms with Crippen molar-refractivity contribution in [2.45, 2.75) is 0 Å². The molecule has 0 radical (unpaired) electrons. The van der Waals surface area contributed by atoms with Gasteiger partial charge in [-0.25, -0.2) is 4.79 Å². The van der Waals surface area contributed by atoms with Crippen molar-refractivity contribution in [1.82, 2.24) is 4.57 Å². The van der Waals surface area contributed by atoms with Crippen LogP contribution in [0.1, 0.15) is 10.6 Å². The van der Waals surface area contributed by atoms with Crippen LogP contribution in [0.25, 0.3) is 17.0 Å². The maximum absolute atomic E-state index is 11.9. The molecule has 2 aromatic heterocycles. The molecule has 0 aliphatic rings. The van der Waals surface area contributed by atoms with Gasteiger partial charge in [0.1, 0.15) is 5.76 Å². The number of furan rings is 1. The second kappa shape index (κ2) is 5.50. The molecule has 3 rings (SSSR count). The molecule has 0 saturated heterocycles. The summed E-state index contributed by atoms with van der Waals surface area (Å²) in [5, 5.41) is 0.603. The molecule has 0 N–H and O–H groups in total. The van der Waals surface area contributed by atoms with Crippen LogP contribution in [0.5, 0.6) is 0 Å². The number of halogens is 1. The summed E-state index contributed by atoms with van der Waals surface area (Å²) in [4.78, 5) is 11.9. The third-order valence-corrected chi connectivity index (χ3v) is 3.31. The molecule has 0 fully saturated rings. The van der Waals surface area contributed by atoms with Gasteiger partial charge in [0.2, 0.25) is 5.76 Å². The average Bonchev–Trinajstić information content (AvgIpc) is 3.15. The molecule has 0 saturated carbocycles. The Morgan fingerprint density at radius 3 is 2.62 bits per heavy atom. The number of nitrogens with zero attached hydrogens (tertiary/aromatic N) is 1. The number of benzene rings is 1. The zero-order valence-corrected chi connectivity index (χ0v) is 12.0. The van der Waals surface area contributed by atoms with Crippen LogP contribution in [0.4, 0.5) is 0 Å². The van der Waals surface area contributed by atoms with Crippen LogP contribution in [0.2, 0.25) is 5.02 Å². The maximum Gasteiger partial charge on any atom is 0.376 e. The summed E-state index contributed by atoms with van der Waals surface area (Å²) in [7, 11) is 1.32. The standard InChI is InChI=1S/C16H12ClNO3/c1-20-16(19)15-13(18-7-2-3-8-18)10-14(21-15)11-5-4-6-12(17)9-11/h2-10H,1H3. The topological polar surface area (TPSA) is 44.4 Å². The highest BCUT2D eigenvalue weighted by Crippen LogP contribution is 2.30. The highest BCUT2D eigenvalue weighted by molar-refractivity contribution is 6.30. The molecule has 0 aliphatic carbocycles. The summed E-state index contributed by atoms with van der Waals surface area (Å²) in [5.74, 6) is 0.192. The first-order chi connectivity index (χ1) is 10.2. The minimum Gasteiger partial charge on any atom is -0.463 e. The summed E-state index contributed by atoms with van der Waals surface area (Å²) < 4.78 is 12.2. The first-order valence-electron chi connectivity index (χ1n) is 6.30. The Kier molecular flexibility index (Phi) is 3.54. The van der Waals surface area contributed by atoms with E-state index >= 15 is 0 Å². The Hall–Kier alpha value is -2.46. The van der Waals surface area contributed by atoms with Gasteiger partial charge < -0.3 is 13.7 Å². The van der Waals surface area contributed by atoms with Crippen molar-refractivity contribution in [2.24, 2.45) is 0 Å². The Labute approximate surface area is 126 Å². The fraction of sp³-hybridized carbons (Fsp3) is 0.0625. The number of methoxy groups -OCH3 is 1. The van der Waals surface area contributed by atoms with E-state index in [2.05, 4.69) is 0 Å². The third kappa shape index (κ3) is 2.58. The number of carbonyl (C=O) groups is 1. The smallest absolute Gasteiger partial charge is 0.376 e. The zero-order valence-electron chi connectivity index (χ0n) is 11.2. The molecule has 5 heteroatoms. The van der Waals surface area contributed by atoms with Gasteiger partial charge in [-0.15, -0.1) is 0 Å². The van der Waals surface area contributed by atoms with Crippen molar-refractivity contribution in [1.29, 1.82) is 0 Å². The van der Waals surface area contributed by atoms with Crippen LogP contribution in [0, 0.1) is 0 Å². The molecule has 2 heterocycles. The molecule has 0 unspecified atom stereocenters. The van der Waals surface area contributed by atoms with E-state index in [1.54, 1.807) is 22.8 Å². The Morgan fingerprint density at radius 2 is 1.95 bits per heavy atom. The fourth-order valence-electron chi connectivity index (χ4n) is 2.09. The van der Waals surface area contributed by atoms with Crippen molar-refractivity contribution >= 4 is 17.6 Å². The van der Waals surface area contributed by atoms with Crippen molar-refractivity contribution in [3.8, 4) is 17.0 Å². The zero-order chi connectivity index (χ0) is 14.8.